The third kappa shape index (κ3) is 3.47. The smallest absolute Gasteiger partial charge is 0.305 e. The molecule has 2 rings (SSSR count). The van der Waals surface area contributed by atoms with Gasteiger partial charge < -0.3 is 15.7 Å². The molecule has 2 atom stereocenters. The van der Waals surface area contributed by atoms with E-state index >= 15 is 0 Å². The van der Waals surface area contributed by atoms with Gasteiger partial charge in [-0.1, -0.05) is 19.3 Å². The van der Waals surface area contributed by atoms with E-state index in [9.17, 15) is 9.59 Å². The third-order valence-corrected chi connectivity index (χ3v) is 4.49. The summed E-state index contributed by atoms with van der Waals surface area (Å²) in [5.74, 6) is -0.582. The Balaban J connectivity index is 1.97. The van der Waals surface area contributed by atoms with Crippen molar-refractivity contribution in [1.82, 2.24) is 4.90 Å². The Morgan fingerprint density at radius 3 is 2.47 bits per heavy atom. The van der Waals surface area contributed by atoms with Crippen LogP contribution in [0.1, 0.15) is 51.4 Å². The molecule has 0 aromatic carbocycles. The number of carbonyl (C=O) groups is 2. The van der Waals surface area contributed by atoms with Gasteiger partial charge in [-0.15, -0.1) is 0 Å². The largest absolute Gasteiger partial charge is 0.481 e. The molecule has 1 heterocycles. The van der Waals surface area contributed by atoms with Gasteiger partial charge >= 0.3 is 5.97 Å². The molecule has 2 aliphatic rings. The van der Waals surface area contributed by atoms with Crippen molar-refractivity contribution in [3.63, 3.8) is 0 Å². The van der Waals surface area contributed by atoms with E-state index in [2.05, 4.69) is 0 Å². The number of carboxylic acids is 1. The summed E-state index contributed by atoms with van der Waals surface area (Å²) in [7, 11) is 0. The predicted octanol–water partition coefficient (Wildman–Crippen LogP) is 1.36. The SMILES string of the molecule is NC(CC(=O)O)C(=O)N1CCCC1C1CCCCC1. The molecule has 0 bridgehead atoms. The number of hydrogen-bond acceptors (Lipinski definition) is 3. The Hall–Kier alpha value is -1.10. The second-order valence-electron chi connectivity index (χ2n) is 5.84. The fraction of sp³-hybridized carbons (Fsp3) is 0.857. The van der Waals surface area contributed by atoms with Crippen molar-refractivity contribution in [3.8, 4) is 0 Å². The molecule has 0 radical (unpaired) electrons. The molecule has 0 aromatic rings. The number of hydrogen-bond donors (Lipinski definition) is 2. The molecule has 0 spiro atoms. The molecular weight excluding hydrogens is 244 g/mol. The van der Waals surface area contributed by atoms with Crippen molar-refractivity contribution in [1.29, 1.82) is 0 Å². The van der Waals surface area contributed by atoms with Crippen LogP contribution in [0.5, 0.6) is 0 Å². The summed E-state index contributed by atoms with van der Waals surface area (Å²) in [6.07, 6.45) is 8.01. The summed E-state index contributed by atoms with van der Waals surface area (Å²) >= 11 is 0. The monoisotopic (exact) mass is 268 g/mol. The maximum atomic E-state index is 12.3. The van der Waals surface area contributed by atoms with Gasteiger partial charge in [-0.2, -0.15) is 0 Å². The zero-order valence-corrected chi connectivity index (χ0v) is 11.4. The molecular formula is C14H24N2O3. The van der Waals surface area contributed by atoms with Crippen molar-refractivity contribution in [2.24, 2.45) is 11.7 Å². The number of rotatable bonds is 4. The summed E-state index contributed by atoms with van der Waals surface area (Å²) < 4.78 is 0. The molecule has 19 heavy (non-hydrogen) atoms. The lowest BCUT2D eigenvalue weighted by Gasteiger charge is -2.35. The minimum atomic E-state index is -1.01. The molecule has 5 heteroatoms. The van der Waals surface area contributed by atoms with Crippen molar-refractivity contribution >= 4 is 11.9 Å². The zero-order valence-electron chi connectivity index (χ0n) is 11.4. The van der Waals surface area contributed by atoms with Crippen LogP contribution >= 0.6 is 0 Å². The Labute approximate surface area is 114 Å². The normalized spacial score (nSPS) is 26.4. The van der Waals surface area contributed by atoms with E-state index in [1.54, 1.807) is 0 Å². The topological polar surface area (TPSA) is 83.6 Å². The van der Waals surface area contributed by atoms with E-state index in [1.807, 2.05) is 4.90 Å². The quantitative estimate of drug-likeness (QED) is 0.806. The fourth-order valence-corrected chi connectivity index (χ4v) is 3.56. The Bertz CT molecular complexity index is 340. The van der Waals surface area contributed by atoms with E-state index in [1.165, 1.54) is 32.1 Å². The first-order valence-electron chi connectivity index (χ1n) is 7.37. The van der Waals surface area contributed by atoms with Gasteiger partial charge in [0.15, 0.2) is 0 Å². The molecule has 1 aliphatic heterocycles. The van der Waals surface area contributed by atoms with Gasteiger partial charge in [-0.3, -0.25) is 9.59 Å². The van der Waals surface area contributed by atoms with Gasteiger partial charge in [0.25, 0.3) is 0 Å². The van der Waals surface area contributed by atoms with E-state index < -0.39 is 12.0 Å². The number of carbonyl (C=O) groups excluding carboxylic acids is 1. The van der Waals surface area contributed by atoms with Crippen molar-refractivity contribution in [2.75, 3.05) is 6.54 Å². The molecule has 1 saturated carbocycles. The highest BCUT2D eigenvalue weighted by Gasteiger charge is 2.37. The lowest BCUT2D eigenvalue weighted by molar-refractivity contribution is -0.142. The maximum Gasteiger partial charge on any atom is 0.305 e. The highest BCUT2D eigenvalue weighted by atomic mass is 16.4. The number of aliphatic carboxylic acids is 1. The van der Waals surface area contributed by atoms with Gasteiger partial charge in [0.2, 0.25) is 5.91 Å². The van der Waals surface area contributed by atoms with Crippen LogP contribution in [-0.4, -0.2) is 40.5 Å². The first kappa shape index (κ1) is 14.3. The average Bonchev–Trinajstić information content (AvgIpc) is 2.87. The summed E-state index contributed by atoms with van der Waals surface area (Å²) in [6, 6.07) is -0.589. The lowest BCUT2D eigenvalue weighted by Crippen LogP contribution is -2.49. The van der Waals surface area contributed by atoms with Crippen LogP contribution in [-0.2, 0) is 9.59 Å². The third-order valence-electron chi connectivity index (χ3n) is 4.49. The number of nitrogens with two attached hydrogens (primary N) is 1. The van der Waals surface area contributed by atoms with Gasteiger partial charge in [0.05, 0.1) is 12.5 Å². The minimum absolute atomic E-state index is 0.171. The molecule has 3 N–H and O–H groups in total. The molecule has 1 aliphatic carbocycles. The molecule has 5 nitrogen and oxygen atoms in total. The second kappa shape index (κ2) is 6.37. The van der Waals surface area contributed by atoms with Crippen LogP contribution in [0, 0.1) is 5.92 Å². The molecule has 108 valence electrons. The zero-order chi connectivity index (χ0) is 13.8. The van der Waals surface area contributed by atoms with Gasteiger partial charge in [-0.25, -0.2) is 0 Å². The van der Waals surface area contributed by atoms with E-state index in [0.717, 1.165) is 19.4 Å². The number of carboxylic acid groups (broad SMARTS) is 1. The van der Waals surface area contributed by atoms with Crippen LogP contribution in [0.15, 0.2) is 0 Å². The predicted molar refractivity (Wildman–Crippen MR) is 71.5 cm³/mol. The van der Waals surface area contributed by atoms with Crippen LogP contribution in [0.25, 0.3) is 0 Å². The summed E-state index contributed by atoms with van der Waals surface area (Å²) in [5, 5.41) is 8.74. The van der Waals surface area contributed by atoms with Gasteiger partial charge in [0, 0.05) is 12.6 Å². The first-order valence-corrected chi connectivity index (χ1v) is 7.37. The van der Waals surface area contributed by atoms with E-state index in [4.69, 9.17) is 10.8 Å². The van der Waals surface area contributed by atoms with E-state index in [0.29, 0.717) is 12.0 Å². The highest BCUT2D eigenvalue weighted by molar-refractivity contribution is 5.86. The maximum absolute atomic E-state index is 12.3. The molecule has 2 unspecified atom stereocenters. The second-order valence-corrected chi connectivity index (χ2v) is 5.84. The molecule has 1 amide bonds. The number of nitrogens with zero attached hydrogens (tertiary/aromatic N) is 1. The van der Waals surface area contributed by atoms with Crippen LogP contribution in [0.3, 0.4) is 0 Å². The first-order chi connectivity index (χ1) is 9.09. The lowest BCUT2D eigenvalue weighted by atomic mass is 9.83. The standard InChI is InChI=1S/C14H24N2O3/c15-11(9-13(17)18)14(19)16-8-4-7-12(16)10-5-2-1-3-6-10/h10-12H,1-9,15H2,(H,17,18). The van der Waals surface area contributed by atoms with Crippen LogP contribution in [0.4, 0.5) is 0 Å². The average molecular weight is 268 g/mol. The fourth-order valence-electron chi connectivity index (χ4n) is 3.56. The minimum Gasteiger partial charge on any atom is -0.481 e. The molecule has 2 fully saturated rings. The van der Waals surface area contributed by atoms with Gasteiger partial charge in [0.1, 0.15) is 0 Å². The molecule has 1 saturated heterocycles. The summed E-state index contributed by atoms with van der Waals surface area (Å²) in [4.78, 5) is 24.8. The number of amides is 1. The Morgan fingerprint density at radius 1 is 1.16 bits per heavy atom. The summed E-state index contributed by atoms with van der Waals surface area (Å²) in [6.45, 7) is 0.743. The van der Waals surface area contributed by atoms with Crippen LogP contribution in [0.2, 0.25) is 0 Å². The highest BCUT2D eigenvalue weighted by Crippen LogP contribution is 2.34. The molecule has 0 aromatic heterocycles. The Kier molecular flexibility index (Phi) is 4.80. The van der Waals surface area contributed by atoms with Crippen molar-refractivity contribution in [3.05, 3.63) is 0 Å². The van der Waals surface area contributed by atoms with Crippen LogP contribution < -0.4 is 5.73 Å². The number of likely N-dealkylation sites (tertiary alicyclic amines) is 1. The van der Waals surface area contributed by atoms with E-state index in [-0.39, 0.29) is 12.3 Å². The Morgan fingerprint density at radius 2 is 1.84 bits per heavy atom. The summed E-state index contributed by atoms with van der Waals surface area (Å²) in [5.41, 5.74) is 5.72. The van der Waals surface area contributed by atoms with Crippen molar-refractivity contribution in [2.45, 2.75) is 63.5 Å². The van der Waals surface area contributed by atoms with Gasteiger partial charge in [-0.05, 0) is 31.6 Å². The van der Waals surface area contributed by atoms with Crippen molar-refractivity contribution < 1.29 is 14.7 Å².